The molecule has 4 rings (SSSR count). The normalized spacial score (nSPS) is 13.4. The number of hydrogen-bond donors (Lipinski definition) is 2. The molecule has 3 aromatic rings. The Morgan fingerprint density at radius 2 is 1.71 bits per heavy atom. The zero-order valence-electron chi connectivity index (χ0n) is 17.0. The monoisotopic (exact) mass is 422 g/mol. The first-order valence-corrected chi connectivity index (χ1v) is 9.99. The highest BCUT2D eigenvalue weighted by atomic mass is 16.5. The third-order valence-corrected chi connectivity index (χ3v) is 5.28. The van der Waals surface area contributed by atoms with Gasteiger partial charge in [-0.1, -0.05) is 0 Å². The first-order chi connectivity index (χ1) is 14.9. The van der Waals surface area contributed by atoms with Crippen LogP contribution in [0.25, 0.3) is 5.69 Å². The molecule has 0 atom stereocenters. The standard InChI is InChI=1S/C22H22N4O5/c1-14-11-24-22(30)26(14)17-6-4-15(5-7-17)21(29)31-13-19(27)16-10-18(23-12-16)20(28)25-8-2-3-9-25/h4-7,10-12,23H,2-3,8-9,13H2,1H3,(H,24,30). The molecule has 0 unspecified atom stereocenters. The Bertz CT molecular complexity index is 1180. The first kappa shape index (κ1) is 20.4. The lowest BCUT2D eigenvalue weighted by atomic mass is 10.2. The average Bonchev–Trinajstić information content (AvgIpc) is 3.53. The lowest BCUT2D eigenvalue weighted by Crippen LogP contribution is -2.27. The highest BCUT2D eigenvalue weighted by Crippen LogP contribution is 2.14. The summed E-state index contributed by atoms with van der Waals surface area (Å²) in [4.78, 5) is 56.0. The second kappa shape index (κ2) is 8.47. The molecule has 1 amide bonds. The molecule has 1 aliphatic heterocycles. The number of ether oxygens (including phenoxy) is 1. The van der Waals surface area contributed by atoms with Crippen molar-refractivity contribution in [3.8, 4) is 5.69 Å². The number of aromatic amines is 2. The van der Waals surface area contributed by atoms with Gasteiger partial charge in [0.1, 0.15) is 5.69 Å². The molecule has 31 heavy (non-hydrogen) atoms. The van der Waals surface area contributed by atoms with Gasteiger partial charge >= 0.3 is 11.7 Å². The van der Waals surface area contributed by atoms with Gasteiger partial charge in [-0.15, -0.1) is 0 Å². The number of ketones is 1. The minimum Gasteiger partial charge on any atom is -0.454 e. The number of nitrogens with one attached hydrogen (secondary N) is 2. The van der Waals surface area contributed by atoms with Crippen molar-refractivity contribution in [2.24, 2.45) is 0 Å². The van der Waals surface area contributed by atoms with Crippen LogP contribution in [-0.4, -0.2) is 56.8 Å². The van der Waals surface area contributed by atoms with E-state index in [1.54, 1.807) is 30.2 Å². The van der Waals surface area contributed by atoms with Crippen LogP contribution in [0.5, 0.6) is 0 Å². The summed E-state index contributed by atoms with van der Waals surface area (Å²) < 4.78 is 6.60. The molecular weight excluding hydrogens is 400 g/mol. The van der Waals surface area contributed by atoms with Gasteiger partial charge in [0.05, 0.1) is 11.3 Å². The smallest absolute Gasteiger partial charge is 0.338 e. The van der Waals surface area contributed by atoms with Gasteiger partial charge in [-0.05, 0) is 50.1 Å². The molecule has 0 radical (unpaired) electrons. The fourth-order valence-corrected chi connectivity index (χ4v) is 3.59. The van der Waals surface area contributed by atoms with Crippen LogP contribution in [0.4, 0.5) is 0 Å². The van der Waals surface area contributed by atoms with Crippen molar-refractivity contribution < 1.29 is 19.1 Å². The number of aryl methyl sites for hydroxylation is 1. The van der Waals surface area contributed by atoms with Crippen LogP contribution in [0.1, 0.15) is 49.7 Å². The molecule has 1 aliphatic rings. The summed E-state index contributed by atoms with van der Waals surface area (Å²) in [7, 11) is 0. The summed E-state index contributed by atoms with van der Waals surface area (Å²) in [5.74, 6) is -1.19. The molecule has 0 bridgehead atoms. The van der Waals surface area contributed by atoms with Gasteiger partial charge in [0.2, 0.25) is 5.78 Å². The van der Waals surface area contributed by atoms with Crippen molar-refractivity contribution >= 4 is 17.7 Å². The number of carbonyl (C=O) groups excluding carboxylic acids is 3. The van der Waals surface area contributed by atoms with E-state index in [-0.39, 0.29) is 22.7 Å². The van der Waals surface area contributed by atoms with E-state index in [9.17, 15) is 19.2 Å². The molecule has 0 aliphatic carbocycles. The number of imidazole rings is 1. The maximum Gasteiger partial charge on any atom is 0.338 e. The predicted molar refractivity (Wildman–Crippen MR) is 112 cm³/mol. The second-order valence-corrected chi connectivity index (χ2v) is 7.42. The van der Waals surface area contributed by atoms with Crippen molar-refractivity contribution in [1.82, 2.24) is 19.4 Å². The van der Waals surface area contributed by atoms with Gasteiger partial charge in [-0.3, -0.25) is 14.2 Å². The SMILES string of the molecule is Cc1c[nH]c(=O)n1-c1ccc(C(=O)OCC(=O)c2c[nH]c(C(=O)N3CCCC3)c2)cc1. The van der Waals surface area contributed by atoms with E-state index in [1.165, 1.54) is 29.0 Å². The van der Waals surface area contributed by atoms with Crippen LogP contribution in [0.3, 0.4) is 0 Å². The second-order valence-electron chi connectivity index (χ2n) is 7.42. The van der Waals surface area contributed by atoms with E-state index in [0.29, 0.717) is 11.4 Å². The van der Waals surface area contributed by atoms with E-state index in [4.69, 9.17) is 4.74 Å². The number of hydrogen-bond acceptors (Lipinski definition) is 5. The van der Waals surface area contributed by atoms with Crippen LogP contribution in [0.15, 0.2) is 47.5 Å². The fraction of sp³-hybridized carbons (Fsp3) is 0.273. The molecule has 0 saturated carbocycles. The van der Waals surface area contributed by atoms with Gasteiger partial charge < -0.3 is 19.6 Å². The number of amides is 1. The van der Waals surface area contributed by atoms with Crippen LogP contribution in [0, 0.1) is 6.92 Å². The molecule has 1 aromatic carbocycles. The van der Waals surface area contributed by atoms with Crippen molar-refractivity contribution in [2.75, 3.05) is 19.7 Å². The number of nitrogens with zero attached hydrogens (tertiary/aromatic N) is 2. The zero-order chi connectivity index (χ0) is 22.0. The van der Waals surface area contributed by atoms with Crippen molar-refractivity contribution in [1.29, 1.82) is 0 Å². The van der Waals surface area contributed by atoms with Gasteiger partial charge in [-0.25, -0.2) is 9.59 Å². The molecular formula is C22H22N4O5. The van der Waals surface area contributed by atoms with Crippen molar-refractivity contribution in [3.63, 3.8) is 0 Å². The van der Waals surface area contributed by atoms with Gasteiger partial charge in [0.15, 0.2) is 6.61 Å². The Balaban J connectivity index is 1.36. The Kier molecular flexibility index (Phi) is 5.57. The third kappa shape index (κ3) is 4.20. The summed E-state index contributed by atoms with van der Waals surface area (Å²) >= 11 is 0. The molecule has 3 heterocycles. The fourth-order valence-electron chi connectivity index (χ4n) is 3.59. The lowest BCUT2D eigenvalue weighted by molar-refractivity contribution is 0.0474. The molecule has 1 fully saturated rings. The highest BCUT2D eigenvalue weighted by Gasteiger charge is 2.22. The van der Waals surface area contributed by atoms with Crippen molar-refractivity contribution in [3.05, 3.63) is 75.7 Å². The van der Waals surface area contributed by atoms with E-state index >= 15 is 0 Å². The Labute approximate surface area is 177 Å². The number of esters is 1. The molecule has 9 nitrogen and oxygen atoms in total. The van der Waals surface area contributed by atoms with Crippen LogP contribution >= 0.6 is 0 Å². The van der Waals surface area contributed by atoms with E-state index in [0.717, 1.165) is 31.6 Å². The minimum atomic E-state index is -0.651. The number of benzene rings is 1. The van der Waals surface area contributed by atoms with Gasteiger partial charge in [0, 0.05) is 36.7 Å². The Morgan fingerprint density at radius 3 is 2.35 bits per heavy atom. The van der Waals surface area contributed by atoms with Crippen LogP contribution in [-0.2, 0) is 4.74 Å². The number of Topliss-reactive ketones (excluding diaryl/α,β-unsaturated/α-hetero) is 1. The summed E-state index contributed by atoms with van der Waals surface area (Å²) in [5, 5.41) is 0. The minimum absolute atomic E-state index is 0.134. The van der Waals surface area contributed by atoms with E-state index < -0.39 is 18.4 Å². The third-order valence-electron chi connectivity index (χ3n) is 5.28. The maximum atomic E-state index is 12.4. The number of likely N-dealkylation sites (tertiary alicyclic amines) is 1. The molecule has 0 spiro atoms. The maximum absolute atomic E-state index is 12.4. The number of H-pyrrole nitrogens is 2. The Hall–Kier alpha value is -3.88. The summed E-state index contributed by atoms with van der Waals surface area (Å²) in [5.41, 5.74) is 1.97. The summed E-state index contributed by atoms with van der Waals surface area (Å²) in [6, 6.07) is 7.81. The summed E-state index contributed by atoms with van der Waals surface area (Å²) in [6.45, 7) is 2.79. The topological polar surface area (TPSA) is 117 Å². The van der Waals surface area contributed by atoms with E-state index in [2.05, 4.69) is 9.97 Å². The van der Waals surface area contributed by atoms with Crippen LogP contribution in [0.2, 0.25) is 0 Å². The van der Waals surface area contributed by atoms with Gasteiger partial charge in [-0.2, -0.15) is 0 Å². The van der Waals surface area contributed by atoms with Crippen LogP contribution < -0.4 is 5.69 Å². The number of aromatic nitrogens is 3. The quantitative estimate of drug-likeness (QED) is 0.466. The molecule has 2 N–H and O–H groups in total. The van der Waals surface area contributed by atoms with E-state index in [1.807, 2.05) is 0 Å². The molecule has 2 aromatic heterocycles. The lowest BCUT2D eigenvalue weighted by Gasteiger charge is -2.13. The zero-order valence-corrected chi connectivity index (χ0v) is 17.0. The average molecular weight is 422 g/mol. The highest BCUT2D eigenvalue weighted by molar-refractivity contribution is 6.02. The van der Waals surface area contributed by atoms with Gasteiger partial charge in [0.25, 0.3) is 5.91 Å². The summed E-state index contributed by atoms with van der Waals surface area (Å²) in [6.07, 6.45) is 5.01. The molecule has 160 valence electrons. The molecule has 1 saturated heterocycles. The first-order valence-electron chi connectivity index (χ1n) is 9.99. The number of carbonyl (C=O) groups is 3. The molecule has 9 heteroatoms. The predicted octanol–water partition coefficient (Wildman–Crippen LogP) is 2.08. The van der Waals surface area contributed by atoms with Crippen molar-refractivity contribution in [2.45, 2.75) is 19.8 Å². The number of rotatable bonds is 6. The Morgan fingerprint density at radius 1 is 1.00 bits per heavy atom. The largest absolute Gasteiger partial charge is 0.454 e.